The third-order valence-corrected chi connectivity index (χ3v) is 4.16. The highest BCUT2D eigenvalue weighted by Crippen LogP contribution is 2.39. The number of rotatable bonds is 4. The smallest absolute Gasteiger partial charge is 0.280 e. The molecule has 8 heteroatoms. The Balaban J connectivity index is 1.64. The first-order chi connectivity index (χ1) is 12.7. The highest BCUT2D eigenvalue weighted by atomic mass is 35.5. The summed E-state index contributed by atoms with van der Waals surface area (Å²) in [4.78, 5) is 12.7. The standard InChI is InChI=1S/C18H14ClN3O4/c1-24-16-9-22(11-5-3-2-4-6-11)21-17(16)18(23)20-13-8-15-14(7-12(13)19)25-10-26-15/h2-9H,10H2,1H3,(H,20,23). The van der Waals surface area contributed by atoms with Gasteiger partial charge in [0.25, 0.3) is 5.91 Å². The van der Waals surface area contributed by atoms with E-state index in [0.717, 1.165) is 5.69 Å². The van der Waals surface area contributed by atoms with Crippen molar-refractivity contribution in [2.45, 2.75) is 0 Å². The monoisotopic (exact) mass is 371 g/mol. The topological polar surface area (TPSA) is 74.6 Å². The summed E-state index contributed by atoms with van der Waals surface area (Å²) in [5, 5.41) is 7.40. The number of amides is 1. The fraction of sp³-hybridized carbons (Fsp3) is 0.111. The van der Waals surface area contributed by atoms with E-state index in [9.17, 15) is 4.79 Å². The minimum Gasteiger partial charge on any atom is -0.493 e. The van der Waals surface area contributed by atoms with E-state index in [4.69, 9.17) is 25.8 Å². The van der Waals surface area contributed by atoms with Crippen LogP contribution in [0.1, 0.15) is 10.5 Å². The Hall–Kier alpha value is -3.19. The number of aromatic nitrogens is 2. The van der Waals surface area contributed by atoms with Crippen LogP contribution in [0.3, 0.4) is 0 Å². The minimum absolute atomic E-state index is 0.123. The number of carbonyl (C=O) groups is 1. The van der Waals surface area contributed by atoms with E-state index in [1.165, 1.54) is 7.11 Å². The van der Waals surface area contributed by atoms with Crippen molar-refractivity contribution in [2.24, 2.45) is 0 Å². The summed E-state index contributed by atoms with van der Waals surface area (Å²) in [5.74, 6) is 0.964. The zero-order chi connectivity index (χ0) is 18.1. The molecule has 0 bridgehead atoms. The van der Waals surface area contributed by atoms with Gasteiger partial charge in [-0.2, -0.15) is 5.10 Å². The second kappa shape index (κ2) is 6.61. The molecule has 1 aliphatic heterocycles. The van der Waals surface area contributed by atoms with Crippen LogP contribution >= 0.6 is 11.6 Å². The van der Waals surface area contributed by atoms with Crippen molar-refractivity contribution >= 4 is 23.2 Å². The summed E-state index contributed by atoms with van der Waals surface area (Å²) in [6.45, 7) is 0.123. The molecule has 0 saturated heterocycles. The Kier molecular flexibility index (Phi) is 4.14. The zero-order valence-corrected chi connectivity index (χ0v) is 14.5. The van der Waals surface area contributed by atoms with Gasteiger partial charge in [0.2, 0.25) is 6.79 Å². The zero-order valence-electron chi connectivity index (χ0n) is 13.7. The Labute approximate surface area is 154 Å². The third-order valence-electron chi connectivity index (χ3n) is 3.85. The van der Waals surface area contributed by atoms with Crippen LogP contribution in [-0.2, 0) is 0 Å². The van der Waals surface area contributed by atoms with E-state index < -0.39 is 5.91 Å². The fourth-order valence-electron chi connectivity index (χ4n) is 2.57. The van der Waals surface area contributed by atoms with Crippen LogP contribution < -0.4 is 19.5 Å². The van der Waals surface area contributed by atoms with Gasteiger partial charge in [-0.25, -0.2) is 4.68 Å². The van der Waals surface area contributed by atoms with Crippen LogP contribution in [0.4, 0.5) is 5.69 Å². The number of halogens is 1. The molecule has 4 rings (SSSR count). The predicted octanol–water partition coefficient (Wildman–Crippen LogP) is 3.52. The molecule has 2 heterocycles. The molecule has 0 aliphatic carbocycles. The average molecular weight is 372 g/mol. The molecule has 0 unspecified atom stereocenters. The number of anilines is 1. The largest absolute Gasteiger partial charge is 0.493 e. The lowest BCUT2D eigenvalue weighted by molar-refractivity contribution is 0.101. The van der Waals surface area contributed by atoms with Crippen molar-refractivity contribution in [3.05, 3.63) is 59.4 Å². The van der Waals surface area contributed by atoms with Gasteiger partial charge in [0.15, 0.2) is 22.9 Å². The quantitative estimate of drug-likeness (QED) is 0.759. The number of hydrogen-bond acceptors (Lipinski definition) is 5. The molecular formula is C18H14ClN3O4. The molecule has 1 N–H and O–H groups in total. The number of benzene rings is 2. The summed E-state index contributed by atoms with van der Waals surface area (Å²) < 4.78 is 17.4. The van der Waals surface area contributed by atoms with Crippen molar-refractivity contribution < 1.29 is 19.0 Å². The number of hydrogen-bond donors (Lipinski definition) is 1. The van der Waals surface area contributed by atoms with Gasteiger partial charge >= 0.3 is 0 Å². The van der Waals surface area contributed by atoms with Crippen LogP contribution in [0.25, 0.3) is 5.69 Å². The van der Waals surface area contributed by atoms with Gasteiger partial charge in [0, 0.05) is 12.1 Å². The molecule has 0 fully saturated rings. The Bertz CT molecular complexity index is 972. The van der Waals surface area contributed by atoms with Crippen LogP contribution in [0.2, 0.25) is 5.02 Å². The van der Waals surface area contributed by atoms with Crippen molar-refractivity contribution in [1.29, 1.82) is 0 Å². The molecule has 1 aromatic heterocycles. The first kappa shape index (κ1) is 16.3. The summed E-state index contributed by atoms with van der Waals surface area (Å²) in [7, 11) is 1.48. The molecule has 0 spiro atoms. The molecule has 3 aromatic rings. The summed E-state index contributed by atoms with van der Waals surface area (Å²) in [6.07, 6.45) is 1.64. The number of fused-ring (bicyclic) bond motifs is 1. The first-order valence-electron chi connectivity index (χ1n) is 7.75. The lowest BCUT2D eigenvalue weighted by Gasteiger charge is -2.08. The molecule has 7 nitrogen and oxygen atoms in total. The van der Waals surface area contributed by atoms with E-state index >= 15 is 0 Å². The third kappa shape index (κ3) is 2.93. The van der Waals surface area contributed by atoms with E-state index in [1.807, 2.05) is 30.3 Å². The number of nitrogens with zero attached hydrogens (tertiary/aromatic N) is 2. The van der Waals surface area contributed by atoms with Crippen molar-refractivity contribution in [2.75, 3.05) is 19.2 Å². The molecule has 0 radical (unpaired) electrons. The van der Waals surface area contributed by atoms with Gasteiger partial charge in [0.1, 0.15) is 0 Å². The lowest BCUT2D eigenvalue weighted by Crippen LogP contribution is -2.14. The molecule has 26 heavy (non-hydrogen) atoms. The van der Waals surface area contributed by atoms with Crippen molar-refractivity contribution in [1.82, 2.24) is 9.78 Å². The second-order valence-electron chi connectivity index (χ2n) is 5.47. The van der Waals surface area contributed by atoms with Gasteiger partial charge in [-0.05, 0) is 12.1 Å². The highest BCUT2D eigenvalue weighted by molar-refractivity contribution is 6.34. The van der Waals surface area contributed by atoms with Gasteiger partial charge < -0.3 is 19.5 Å². The summed E-state index contributed by atoms with van der Waals surface area (Å²) >= 11 is 6.21. The number of methoxy groups -OCH3 is 1. The Morgan fingerprint density at radius 3 is 2.69 bits per heavy atom. The summed E-state index contributed by atoms with van der Waals surface area (Å²) in [6, 6.07) is 12.6. The van der Waals surface area contributed by atoms with Crippen molar-refractivity contribution in [3.8, 4) is 22.9 Å². The Morgan fingerprint density at radius 2 is 1.96 bits per heavy atom. The molecule has 0 saturated carbocycles. The highest BCUT2D eigenvalue weighted by Gasteiger charge is 2.22. The van der Waals surface area contributed by atoms with Gasteiger partial charge in [-0.1, -0.05) is 29.8 Å². The maximum atomic E-state index is 12.7. The molecule has 2 aromatic carbocycles. The second-order valence-corrected chi connectivity index (χ2v) is 5.87. The molecule has 132 valence electrons. The van der Waals surface area contributed by atoms with Crippen molar-refractivity contribution in [3.63, 3.8) is 0 Å². The summed E-state index contributed by atoms with van der Waals surface area (Å²) in [5.41, 5.74) is 1.35. The Morgan fingerprint density at radius 1 is 1.23 bits per heavy atom. The first-order valence-corrected chi connectivity index (χ1v) is 8.13. The van der Waals surface area contributed by atoms with E-state index in [-0.39, 0.29) is 12.5 Å². The van der Waals surface area contributed by atoms with Crippen LogP contribution in [0.5, 0.6) is 17.2 Å². The van der Waals surface area contributed by atoms with Crippen LogP contribution in [-0.4, -0.2) is 29.6 Å². The number of nitrogens with one attached hydrogen (secondary N) is 1. The van der Waals surface area contributed by atoms with E-state index in [2.05, 4.69) is 10.4 Å². The van der Waals surface area contributed by atoms with Crippen LogP contribution in [0.15, 0.2) is 48.7 Å². The van der Waals surface area contributed by atoms with Crippen LogP contribution in [0, 0.1) is 0 Å². The molecular weight excluding hydrogens is 358 g/mol. The average Bonchev–Trinajstić information content (AvgIpc) is 3.29. The number of ether oxygens (including phenoxy) is 3. The molecule has 1 aliphatic rings. The SMILES string of the molecule is COc1cn(-c2ccccc2)nc1C(=O)Nc1cc2c(cc1Cl)OCO2. The molecule has 0 atom stereocenters. The fourth-order valence-corrected chi connectivity index (χ4v) is 2.77. The normalized spacial score (nSPS) is 12.1. The van der Waals surface area contributed by atoms with Gasteiger partial charge in [-0.15, -0.1) is 0 Å². The predicted molar refractivity (Wildman–Crippen MR) is 95.6 cm³/mol. The maximum absolute atomic E-state index is 12.7. The van der Waals surface area contributed by atoms with Gasteiger partial charge in [-0.3, -0.25) is 4.79 Å². The molecule has 1 amide bonds. The van der Waals surface area contributed by atoms with E-state index in [1.54, 1.807) is 23.0 Å². The van der Waals surface area contributed by atoms with E-state index in [0.29, 0.717) is 28.0 Å². The maximum Gasteiger partial charge on any atom is 0.280 e. The lowest BCUT2D eigenvalue weighted by atomic mass is 10.2. The van der Waals surface area contributed by atoms with Gasteiger partial charge in [0.05, 0.1) is 29.7 Å². The minimum atomic E-state index is -0.447. The number of para-hydroxylation sites is 1. The number of carbonyl (C=O) groups excluding carboxylic acids is 1.